The van der Waals surface area contributed by atoms with Gasteiger partial charge in [0.05, 0.1) is 18.6 Å². The Balaban J connectivity index is 0.00000324. The molecule has 0 unspecified atom stereocenters. The third-order valence-electron chi connectivity index (χ3n) is 3.16. The van der Waals surface area contributed by atoms with E-state index in [1.165, 1.54) is 0 Å². The Hall–Kier alpha value is -0.850. The van der Waals surface area contributed by atoms with E-state index in [1.54, 1.807) is 14.0 Å². The molecular weight excluding hydrogens is 272 g/mol. The fourth-order valence-corrected chi connectivity index (χ4v) is 2.17. The molecule has 0 radical (unpaired) electrons. The molecule has 0 aliphatic carbocycles. The predicted octanol–water partition coefficient (Wildman–Crippen LogP) is 0.104. The zero-order valence-corrected chi connectivity index (χ0v) is 12.3. The zero-order chi connectivity index (χ0) is 13.4. The molecule has 0 aromatic heterocycles. The van der Waals surface area contributed by atoms with Gasteiger partial charge in [0.2, 0.25) is 5.91 Å². The lowest BCUT2D eigenvalue weighted by Crippen LogP contribution is -2.51. The lowest BCUT2D eigenvalue weighted by atomic mass is 9.78. The summed E-state index contributed by atoms with van der Waals surface area (Å²) in [5, 5.41) is 5.85. The highest BCUT2D eigenvalue weighted by Crippen LogP contribution is 2.29. The minimum atomic E-state index is -0.521. The first-order valence-corrected chi connectivity index (χ1v) is 6.28. The molecule has 0 bridgehead atoms. The minimum Gasteiger partial charge on any atom is -0.465 e. The molecule has 1 rings (SSSR count). The summed E-state index contributed by atoms with van der Waals surface area (Å²) in [6.07, 6.45) is 1.44. The number of methoxy groups -OCH3 is 1. The van der Waals surface area contributed by atoms with E-state index in [1.807, 2.05) is 0 Å². The first kappa shape index (κ1) is 18.1. The van der Waals surface area contributed by atoms with E-state index >= 15 is 0 Å². The van der Waals surface area contributed by atoms with Gasteiger partial charge < -0.3 is 20.1 Å². The summed E-state index contributed by atoms with van der Waals surface area (Å²) in [5.74, 6) is -0.536. The molecule has 1 aliphatic rings. The highest BCUT2D eigenvalue weighted by Gasteiger charge is 2.39. The van der Waals surface area contributed by atoms with Crippen molar-refractivity contribution in [1.29, 1.82) is 0 Å². The van der Waals surface area contributed by atoms with Gasteiger partial charge in [-0.15, -0.1) is 12.4 Å². The van der Waals surface area contributed by atoms with E-state index in [0.29, 0.717) is 13.2 Å². The molecule has 1 saturated heterocycles. The van der Waals surface area contributed by atoms with Crippen molar-refractivity contribution in [1.82, 2.24) is 10.6 Å². The van der Waals surface area contributed by atoms with E-state index in [9.17, 15) is 9.59 Å². The highest BCUT2D eigenvalue weighted by atomic mass is 35.5. The van der Waals surface area contributed by atoms with Crippen molar-refractivity contribution in [3.8, 4) is 0 Å². The van der Waals surface area contributed by atoms with Crippen molar-refractivity contribution in [2.75, 3.05) is 40.0 Å². The molecule has 0 spiro atoms. The summed E-state index contributed by atoms with van der Waals surface area (Å²) in [6, 6.07) is 0. The van der Waals surface area contributed by atoms with Crippen LogP contribution in [0.15, 0.2) is 0 Å². The van der Waals surface area contributed by atoms with Crippen molar-refractivity contribution in [3.63, 3.8) is 0 Å². The van der Waals surface area contributed by atoms with Gasteiger partial charge in [-0.1, -0.05) is 0 Å². The number of carbonyl (C=O) groups excluding carboxylic acids is 2. The van der Waals surface area contributed by atoms with Crippen molar-refractivity contribution < 1.29 is 19.1 Å². The molecule has 6 nitrogen and oxygen atoms in total. The number of esters is 1. The van der Waals surface area contributed by atoms with Crippen LogP contribution >= 0.6 is 12.4 Å². The second-order valence-electron chi connectivity index (χ2n) is 4.45. The van der Waals surface area contributed by atoms with Crippen LogP contribution in [0.5, 0.6) is 0 Å². The summed E-state index contributed by atoms with van der Waals surface area (Å²) < 4.78 is 9.93. The quantitative estimate of drug-likeness (QED) is 0.680. The van der Waals surface area contributed by atoms with Crippen LogP contribution in [0.25, 0.3) is 0 Å². The number of nitrogens with one attached hydrogen (secondary N) is 2. The van der Waals surface area contributed by atoms with E-state index < -0.39 is 11.4 Å². The Bertz CT molecular complexity index is 288. The smallest absolute Gasteiger partial charge is 0.325 e. The normalized spacial score (nSPS) is 17.2. The Labute approximate surface area is 120 Å². The molecule has 0 aromatic carbocycles. The largest absolute Gasteiger partial charge is 0.465 e. The molecule has 0 aromatic rings. The molecule has 1 heterocycles. The molecule has 0 saturated carbocycles. The fourth-order valence-electron chi connectivity index (χ4n) is 2.17. The lowest BCUT2D eigenvalue weighted by molar-refractivity contribution is -0.146. The summed E-state index contributed by atoms with van der Waals surface area (Å²) in [7, 11) is 1.59. The zero-order valence-electron chi connectivity index (χ0n) is 11.5. The van der Waals surface area contributed by atoms with Crippen LogP contribution < -0.4 is 10.6 Å². The third-order valence-corrected chi connectivity index (χ3v) is 3.16. The second kappa shape index (κ2) is 9.12. The van der Waals surface area contributed by atoms with Crippen LogP contribution in [0.1, 0.15) is 19.8 Å². The van der Waals surface area contributed by atoms with Gasteiger partial charge in [0.15, 0.2) is 0 Å². The second-order valence-corrected chi connectivity index (χ2v) is 4.45. The van der Waals surface area contributed by atoms with Crippen LogP contribution in [0.3, 0.4) is 0 Å². The van der Waals surface area contributed by atoms with E-state index in [2.05, 4.69) is 10.6 Å². The monoisotopic (exact) mass is 294 g/mol. The SMILES string of the molecule is CCOC(=O)CNC(=O)C1(COC)CCNCC1.Cl. The van der Waals surface area contributed by atoms with Crippen LogP contribution in [-0.4, -0.2) is 51.8 Å². The maximum absolute atomic E-state index is 12.2. The summed E-state index contributed by atoms with van der Waals surface area (Å²) in [5.41, 5.74) is -0.521. The molecule has 1 amide bonds. The molecule has 19 heavy (non-hydrogen) atoms. The average Bonchev–Trinajstić information content (AvgIpc) is 2.38. The first-order chi connectivity index (χ1) is 8.64. The fraction of sp³-hybridized carbons (Fsp3) is 0.833. The third kappa shape index (κ3) is 5.34. The van der Waals surface area contributed by atoms with Crippen LogP contribution in [-0.2, 0) is 19.1 Å². The van der Waals surface area contributed by atoms with Gasteiger partial charge in [-0.25, -0.2) is 0 Å². The number of carbonyl (C=O) groups is 2. The Morgan fingerprint density at radius 3 is 2.47 bits per heavy atom. The first-order valence-electron chi connectivity index (χ1n) is 6.28. The lowest BCUT2D eigenvalue weighted by Gasteiger charge is -2.35. The van der Waals surface area contributed by atoms with Gasteiger partial charge in [0.25, 0.3) is 0 Å². The van der Waals surface area contributed by atoms with Gasteiger partial charge in [0, 0.05) is 7.11 Å². The van der Waals surface area contributed by atoms with Gasteiger partial charge >= 0.3 is 5.97 Å². The predicted molar refractivity (Wildman–Crippen MR) is 73.3 cm³/mol. The Morgan fingerprint density at radius 1 is 1.32 bits per heavy atom. The average molecular weight is 295 g/mol. The van der Waals surface area contributed by atoms with Crippen LogP contribution in [0.2, 0.25) is 0 Å². The molecule has 1 fully saturated rings. The van der Waals surface area contributed by atoms with E-state index in [-0.39, 0.29) is 24.9 Å². The topological polar surface area (TPSA) is 76.7 Å². The van der Waals surface area contributed by atoms with Gasteiger partial charge in [-0.3, -0.25) is 9.59 Å². The standard InChI is InChI=1S/C12H22N2O4.ClH/c1-3-18-10(15)8-14-11(16)12(9-17-2)4-6-13-7-5-12;/h13H,3-9H2,1-2H3,(H,14,16);1H. The molecule has 7 heteroatoms. The Morgan fingerprint density at radius 2 is 1.95 bits per heavy atom. The van der Waals surface area contributed by atoms with Crippen molar-refractivity contribution in [2.45, 2.75) is 19.8 Å². The van der Waals surface area contributed by atoms with Crippen LogP contribution in [0, 0.1) is 5.41 Å². The summed E-state index contributed by atoms with van der Waals surface area (Å²) >= 11 is 0. The molecule has 112 valence electrons. The number of halogens is 1. The van der Waals surface area contributed by atoms with Crippen molar-refractivity contribution in [2.24, 2.45) is 5.41 Å². The number of piperidine rings is 1. The Kier molecular flexibility index (Phi) is 8.71. The van der Waals surface area contributed by atoms with E-state index in [4.69, 9.17) is 9.47 Å². The number of hydrogen-bond acceptors (Lipinski definition) is 5. The molecule has 2 N–H and O–H groups in total. The highest BCUT2D eigenvalue weighted by molar-refractivity contribution is 5.86. The number of rotatable bonds is 6. The van der Waals surface area contributed by atoms with Gasteiger partial charge in [-0.05, 0) is 32.9 Å². The number of hydrogen-bond donors (Lipinski definition) is 2. The minimum absolute atomic E-state index is 0. The van der Waals surface area contributed by atoms with Crippen molar-refractivity contribution >= 4 is 24.3 Å². The van der Waals surface area contributed by atoms with Crippen LogP contribution in [0.4, 0.5) is 0 Å². The van der Waals surface area contributed by atoms with Crippen molar-refractivity contribution in [3.05, 3.63) is 0 Å². The number of ether oxygens (including phenoxy) is 2. The maximum Gasteiger partial charge on any atom is 0.325 e. The van der Waals surface area contributed by atoms with Gasteiger partial charge in [-0.2, -0.15) is 0 Å². The molecule has 1 aliphatic heterocycles. The van der Waals surface area contributed by atoms with E-state index in [0.717, 1.165) is 25.9 Å². The molecular formula is C12H23ClN2O4. The summed E-state index contributed by atoms with van der Waals surface area (Å²) in [4.78, 5) is 23.4. The molecule has 0 atom stereocenters. The van der Waals surface area contributed by atoms with Gasteiger partial charge in [0.1, 0.15) is 6.54 Å². The maximum atomic E-state index is 12.2. The number of amides is 1. The summed E-state index contributed by atoms with van der Waals surface area (Å²) in [6.45, 7) is 3.93.